The molecule has 0 aromatic rings. The standard InChI is InChI=1S/C15H32N2O2S2/c1-14(2,20)11-16-8-10-17(12-15(3,4)21)9-6-5-7-13(18)19/h16,20-21H,5-12H2,1-4H3,(H,18,19). The maximum Gasteiger partial charge on any atom is 0.303 e. The summed E-state index contributed by atoms with van der Waals surface area (Å²) >= 11 is 9.09. The Bertz CT molecular complexity index is 299. The molecule has 0 unspecified atom stereocenters. The van der Waals surface area contributed by atoms with Crippen LogP contribution in [-0.2, 0) is 4.79 Å². The fourth-order valence-electron chi connectivity index (χ4n) is 2.06. The highest BCUT2D eigenvalue weighted by atomic mass is 32.1. The van der Waals surface area contributed by atoms with E-state index in [0.29, 0.717) is 0 Å². The number of nitrogens with one attached hydrogen (secondary N) is 1. The molecule has 21 heavy (non-hydrogen) atoms. The van der Waals surface area contributed by atoms with E-state index in [9.17, 15) is 4.79 Å². The summed E-state index contributed by atoms with van der Waals surface area (Å²) < 4.78 is -0.0508. The summed E-state index contributed by atoms with van der Waals surface area (Å²) in [6.07, 6.45) is 1.90. The fraction of sp³-hybridized carbons (Fsp3) is 0.933. The molecule has 0 aliphatic rings. The van der Waals surface area contributed by atoms with Crippen LogP contribution in [0.3, 0.4) is 0 Å². The molecule has 0 bridgehead atoms. The highest BCUT2D eigenvalue weighted by Crippen LogP contribution is 2.14. The molecule has 0 saturated carbocycles. The van der Waals surface area contributed by atoms with Crippen molar-refractivity contribution in [1.29, 1.82) is 0 Å². The van der Waals surface area contributed by atoms with E-state index in [-0.39, 0.29) is 15.9 Å². The second-order valence-corrected chi connectivity index (χ2v) is 9.35. The Morgan fingerprint density at radius 3 is 2.19 bits per heavy atom. The zero-order chi connectivity index (χ0) is 16.5. The van der Waals surface area contributed by atoms with Crippen molar-refractivity contribution in [1.82, 2.24) is 10.2 Å². The smallest absolute Gasteiger partial charge is 0.303 e. The summed E-state index contributed by atoms with van der Waals surface area (Å²) in [5.74, 6) is -0.714. The zero-order valence-electron chi connectivity index (χ0n) is 13.9. The molecular weight excluding hydrogens is 304 g/mol. The van der Waals surface area contributed by atoms with Crippen LogP contribution >= 0.6 is 25.3 Å². The van der Waals surface area contributed by atoms with Crippen LogP contribution in [0.1, 0.15) is 47.0 Å². The van der Waals surface area contributed by atoms with Crippen molar-refractivity contribution in [2.45, 2.75) is 56.5 Å². The van der Waals surface area contributed by atoms with E-state index in [0.717, 1.165) is 45.6 Å². The fourth-order valence-corrected chi connectivity index (χ4v) is 2.37. The van der Waals surface area contributed by atoms with Crippen LogP contribution in [0.4, 0.5) is 0 Å². The number of thiol groups is 2. The number of hydrogen-bond acceptors (Lipinski definition) is 5. The highest BCUT2D eigenvalue weighted by Gasteiger charge is 2.17. The average Bonchev–Trinajstić information content (AvgIpc) is 2.26. The van der Waals surface area contributed by atoms with Crippen LogP contribution in [0.25, 0.3) is 0 Å². The van der Waals surface area contributed by atoms with E-state index in [1.165, 1.54) is 0 Å². The van der Waals surface area contributed by atoms with Gasteiger partial charge < -0.3 is 15.3 Å². The van der Waals surface area contributed by atoms with Gasteiger partial charge in [0.25, 0.3) is 0 Å². The van der Waals surface area contributed by atoms with Gasteiger partial charge in [-0.1, -0.05) is 0 Å². The lowest BCUT2D eigenvalue weighted by molar-refractivity contribution is -0.137. The molecule has 0 fully saturated rings. The average molecular weight is 337 g/mol. The van der Waals surface area contributed by atoms with Crippen molar-refractivity contribution in [3.8, 4) is 0 Å². The Morgan fingerprint density at radius 1 is 1.10 bits per heavy atom. The Balaban J connectivity index is 4.05. The molecule has 4 nitrogen and oxygen atoms in total. The van der Waals surface area contributed by atoms with Gasteiger partial charge in [-0.15, -0.1) is 0 Å². The predicted molar refractivity (Wildman–Crippen MR) is 96.9 cm³/mol. The van der Waals surface area contributed by atoms with Crippen molar-refractivity contribution >= 4 is 31.2 Å². The van der Waals surface area contributed by atoms with E-state index < -0.39 is 5.97 Å². The summed E-state index contributed by atoms with van der Waals surface area (Å²) in [7, 11) is 0. The SMILES string of the molecule is CC(C)(S)CNCCN(CCCCC(=O)O)CC(C)(C)S. The molecule has 6 heteroatoms. The molecule has 126 valence electrons. The second kappa shape index (κ2) is 9.98. The number of unbranched alkanes of at least 4 members (excludes halogenated alkanes) is 1. The molecular formula is C15H32N2O2S2. The first-order chi connectivity index (χ1) is 9.49. The van der Waals surface area contributed by atoms with Gasteiger partial charge in [-0.25, -0.2) is 0 Å². The van der Waals surface area contributed by atoms with Crippen molar-refractivity contribution in [2.24, 2.45) is 0 Å². The van der Waals surface area contributed by atoms with Gasteiger partial charge in [-0.05, 0) is 47.1 Å². The van der Waals surface area contributed by atoms with Crippen molar-refractivity contribution in [3.63, 3.8) is 0 Å². The number of carboxylic acids is 1. The number of hydrogen-bond donors (Lipinski definition) is 4. The van der Waals surface area contributed by atoms with Crippen LogP contribution < -0.4 is 5.32 Å². The third kappa shape index (κ3) is 16.3. The molecule has 0 spiro atoms. The van der Waals surface area contributed by atoms with Crippen LogP contribution in [0.15, 0.2) is 0 Å². The quantitative estimate of drug-likeness (QED) is 0.327. The Morgan fingerprint density at radius 2 is 1.71 bits per heavy atom. The van der Waals surface area contributed by atoms with E-state index in [4.69, 9.17) is 5.11 Å². The molecule has 0 amide bonds. The summed E-state index contributed by atoms with van der Waals surface area (Å²) in [5, 5.41) is 12.1. The summed E-state index contributed by atoms with van der Waals surface area (Å²) in [6.45, 7) is 12.9. The van der Waals surface area contributed by atoms with E-state index in [1.807, 2.05) is 0 Å². The van der Waals surface area contributed by atoms with Gasteiger partial charge in [-0.2, -0.15) is 25.3 Å². The van der Waals surface area contributed by atoms with Gasteiger partial charge in [0.15, 0.2) is 0 Å². The third-order valence-corrected chi connectivity index (χ3v) is 3.19. The van der Waals surface area contributed by atoms with Crippen molar-refractivity contribution < 1.29 is 9.90 Å². The maximum atomic E-state index is 10.5. The summed E-state index contributed by atoms with van der Waals surface area (Å²) in [4.78, 5) is 12.9. The molecule has 0 heterocycles. The van der Waals surface area contributed by atoms with Gasteiger partial charge in [0, 0.05) is 42.1 Å². The van der Waals surface area contributed by atoms with Crippen LogP contribution in [0.5, 0.6) is 0 Å². The van der Waals surface area contributed by atoms with Gasteiger partial charge in [0.05, 0.1) is 0 Å². The van der Waals surface area contributed by atoms with E-state index in [1.54, 1.807) is 0 Å². The van der Waals surface area contributed by atoms with Gasteiger partial charge in [0.1, 0.15) is 0 Å². The monoisotopic (exact) mass is 336 g/mol. The predicted octanol–water partition coefficient (Wildman–Crippen LogP) is 2.55. The van der Waals surface area contributed by atoms with Crippen LogP contribution in [0.2, 0.25) is 0 Å². The third-order valence-electron chi connectivity index (χ3n) is 2.89. The lowest BCUT2D eigenvalue weighted by Crippen LogP contribution is -2.41. The minimum atomic E-state index is -0.714. The highest BCUT2D eigenvalue weighted by molar-refractivity contribution is 7.82. The van der Waals surface area contributed by atoms with Crippen LogP contribution in [-0.4, -0.2) is 58.2 Å². The molecule has 0 aromatic heterocycles. The number of nitrogens with zero attached hydrogens (tertiary/aromatic N) is 1. The Labute approximate surface area is 140 Å². The van der Waals surface area contributed by atoms with Gasteiger partial charge in [-0.3, -0.25) is 4.79 Å². The van der Waals surface area contributed by atoms with Crippen molar-refractivity contribution in [2.75, 3.05) is 32.7 Å². The Kier molecular flexibility index (Phi) is 10.0. The summed E-state index contributed by atoms with van der Waals surface area (Å²) in [6, 6.07) is 0. The zero-order valence-corrected chi connectivity index (χ0v) is 15.6. The molecule has 2 N–H and O–H groups in total. The summed E-state index contributed by atoms with van der Waals surface area (Å²) in [5.41, 5.74) is 0. The molecule has 0 aromatic carbocycles. The lowest BCUT2D eigenvalue weighted by Gasteiger charge is -2.30. The van der Waals surface area contributed by atoms with Crippen LogP contribution in [0, 0.1) is 0 Å². The van der Waals surface area contributed by atoms with Gasteiger partial charge in [0.2, 0.25) is 0 Å². The minimum Gasteiger partial charge on any atom is -0.481 e. The van der Waals surface area contributed by atoms with Gasteiger partial charge >= 0.3 is 5.97 Å². The molecule has 0 aliphatic heterocycles. The molecule has 0 atom stereocenters. The first kappa shape index (κ1) is 21.1. The number of carbonyl (C=O) groups is 1. The first-order valence-electron chi connectivity index (χ1n) is 7.59. The normalized spacial score (nSPS) is 12.9. The number of rotatable bonds is 12. The topological polar surface area (TPSA) is 52.6 Å². The van der Waals surface area contributed by atoms with Crippen molar-refractivity contribution in [3.05, 3.63) is 0 Å². The largest absolute Gasteiger partial charge is 0.481 e. The van der Waals surface area contributed by atoms with E-state index in [2.05, 4.69) is 63.2 Å². The lowest BCUT2D eigenvalue weighted by atomic mass is 10.1. The number of carboxylic acid groups (broad SMARTS) is 1. The second-order valence-electron chi connectivity index (χ2n) is 6.93. The Hall–Kier alpha value is 0.0900. The minimum absolute atomic E-state index is 0.00483. The molecule has 0 saturated heterocycles. The molecule has 0 aliphatic carbocycles. The van der Waals surface area contributed by atoms with E-state index >= 15 is 0 Å². The molecule has 0 radical (unpaired) electrons. The maximum absolute atomic E-state index is 10.5. The molecule has 0 rings (SSSR count). The first-order valence-corrected chi connectivity index (χ1v) is 8.49. The number of aliphatic carboxylic acids is 1.